The first kappa shape index (κ1) is 18.9. The summed E-state index contributed by atoms with van der Waals surface area (Å²) in [6.45, 7) is 2.36. The highest BCUT2D eigenvalue weighted by Crippen LogP contribution is 2.48. The molecular weight excluding hydrogens is 358 g/mol. The molecule has 3 fully saturated rings. The van der Waals surface area contributed by atoms with Gasteiger partial charge in [0.05, 0.1) is 7.11 Å². The van der Waals surface area contributed by atoms with Crippen LogP contribution in [0.15, 0.2) is 48.5 Å². The zero-order valence-corrected chi connectivity index (χ0v) is 17.3. The molecule has 29 heavy (non-hydrogen) atoms. The maximum absolute atomic E-state index is 12.9. The minimum atomic E-state index is 0.0916. The molecule has 2 aromatic rings. The fourth-order valence-electron chi connectivity index (χ4n) is 6.15. The second kappa shape index (κ2) is 7.95. The quantitative estimate of drug-likeness (QED) is 0.651. The minimum absolute atomic E-state index is 0.0916. The Bertz CT molecular complexity index is 870. The molecule has 2 aromatic carbocycles. The van der Waals surface area contributed by atoms with Gasteiger partial charge in [0, 0.05) is 17.2 Å². The summed E-state index contributed by atoms with van der Waals surface area (Å²) in [5, 5.41) is 0. The largest absolute Gasteiger partial charge is 0.496 e. The molecule has 3 atom stereocenters. The Morgan fingerprint density at radius 2 is 1.72 bits per heavy atom. The fraction of sp³-hybridized carbons (Fsp3) is 0.500. The highest BCUT2D eigenvalue weighted by molar-refractivity contribution is 6.09. The lowest BCUT2D eigenvalue weighted by atomic mass is 9.85. The monoisotopic (exact) mass is 389 g/mol. The lowest BCUT2D eigenvalue weighted by molar-refractivity contribution is 0.103. The van der Waals surface area contributed by atoms with E-state index in [2.05, 4.69) is 11.0 Å². The van der Waals surface area contributed by atoms with Crippen molar-refractivity contribution in [1.29, 1.82) is 0 Å². The van der Waals surface area contributed by atoms with Crippen LogP contribution >= 0.6 is 0 Å². The second-order valence-corrected chi connectivity index (χ2v) is 9.20. The maximum Gasteiger partial charge on any atom is 0.193 e. The number of carbonyl (C=O) groups is 1. The zero-order valence-electron chi connectivity index (χ0n) is 17.3. The molecular formula is C26H31NO2. The van der Waals surface area contributed by atoms with Crippen LogP contribution in [0.3, 0.4) is 0 Å². The Kier molecular flexibility index (Phi) is 5.17. The van der Waals surface area contributed by atoms with Gasteiger partial charge in [-0.2, -0.15) is 0 Å². The summed E-state index contributed by atoms with van der Waals surface area (Å²) < 4.78 is 5.68. The summed E-state index contributed by atoms with van der Waals surface area (Å²) in [5.74, 6) is 3.45. The van der Waals surface area contributed by atoms with Gasteiger partial charge in [-0.1, -0.05) is 36.8 Å². The average molecular weight is 390 g/mol. The number of carbonyl (C=O) groups excluding carboxylic acids is 1. The predicted molar refractivity (Wildman–Crippen MR) is 116 cm³/mol. The van der Waals surface area contributed by atoms with Gasteiger partial charge in [-0.05, 0) is 86.7 Å². The Balaban J connectivity index is 1.32. The Morgan fingerprint density at radius 3 is 2.38 bits per heavy atom. The van der Waals surface area contributed by atoms with Crippen molar-refractivity contribution in [1.82, 2.24) is 4.90 Å². The molecule has 3 nitrogen and oxygen atoms in total. The topological polar surface area (TPSA) is 29.5 Å². The van der Waals surface area contributed by atoms with Gasteiger partial charge in [-0.3, -0.25) is 4.79 Å². The van der Waals surface area contributed by atoms with Gasteiger partial charge in [0.2, 0.25) is 0 Å². The number of hydrogen-bond acceptors (Lipinski definition) is 3. The summed E-state index contributed by atoms with van der Waals surface area (Å²) in [6.07, 6.45) is 8.14. The van der Waals surface area contributed by atoms with Crippen molar-refractivity contribution in [2.75, 3.05) is 20.2 Å². The molecule has 152 valence electrons. The van der Waals surface area contributed by atoms with Gasteiger partial charge < -0.3 is 9.64 Å². The molecule has 0 aromatic heterocycles. The number of hydrogen-bond donors (Lipinski definition) is 0. The number of nitrogens with zero attached hydrogens (tertiary/aromatic N) is 1. The van der Waals surface area contributed by atoms with Crippen molar-refractivity contribution in [2.45, 2.75) is 50.5 Å². The molecule has 2 bridgehead atoms. The number of methoxy groups -OCH3 is 1. The number of ether oxygens (including phenoxy) is 1. The third-order valence-corrected chi connectivity index (χ3v) is 7.67. The molecule has 0 spiro atoms. The van der Waals surface area contributed by atoms with Crippen molar-refractivity contribution in [3.8, 4) is 5.75 Å². The van der Waals surface area contributed by atoms with Gasteiger partial charge in [0.1, 0.15) is 5.75 Å². The predicted octanol–water partition coefficient (Wildman–Crippen LogP) is 5.29. The Hall–Kier alpha value is -2.13. The van der Waals surface area contributed by atoms with E-state index in [0.29, 0.717) is 5.92 Å². The van der Waals surface area contributed by atoms with Gasteiger partial charge >= 0.3 is 0 Å². The van der Waals surface area contributed by atoms with E-state index in [1.54, 1.807) is 7.11 Å². The number of likely N-dealkylation sites (tertiary alicyclic amines) is 1. The van der Waals surface area contributed by atoms with Crippen LogP contribution in [-0.4, -0.2) is 36.9 Å². The van der Waals surface area contributed by atoms with Crippen molar-refractivity contribution in [3.63, 3.8) is 0 Å². The lowest BCUT2D eigenvalue weighted by Crippen LogP contribution is -2.43. The zero-order chi connectivity index (χ0) is 19.8. The first-order valence-corrected chi connectivity index (χ1v) is 11.2. The van der Waals surface area contributed by atoms with Crippen LogP contribution < -0.4 is 4.74 Å². The van der Waals surface area contributed by atoms with Crippen molar-refractivity contribution in [2.24, 2.45) is 11.8 Å². The molecule has 0 unspecified atom stereocenters. The first-order chi connectivity index (χ1) is 14.2. The molecule has 1 aliphatic heterocycles. The number of benzene rings is 2. The minimum Gasteiger partial charge on any atom is -0.496 e. The maximum atomic E-state index is 12.9. The Morgan fingerprint density at radius 1 is 0.931 bits per heavy atom. The van der Waals surface area contributed by atoms with Gasteiger partial charge in [0.15, 0.2) is 5.78 Å². The van der Waals surface area contributed by atoms with Crippen LogP contribution in [0.2, 0.25) is 0 Å². The first-order valence-electron chi connectivity index (χ1n) is 11.2. The smallest absolute Gasteiger partial charge is 0.193 e. The van der Waals surface area contributed by atoms with Crippen LogP contribution in [0, 0.1) is 11.8 Å². The molecule has 5 rings (SSSR count). The molecule has 1 saturated heterocycles. The molecule has 2 saturated carbocycles. The fourth-order valence-corrected chi connectivity index (χ4v) is 6.15. The summed E-state index contributed by atoms with van der Waals surface area (Å²) >= 11 is 0. The number of piperidine rings is 1. The summed E-state index contributed by atoms with van der Waals surface area (Å²) in [4.78, 5) is 15.7. The van der Waals surface area contributed by atoms with Crippen LogP contribution in [-0.2, 0) is 0 Å². The van der Waals surface area contributed by atoms with Crippen molar-refractivity contribution < 1.29 is 9.53 Å². The van der Waals surface area contributed by atoms with E-state index >= 15 is 0 Å². The molecule has 3 heteroatoms. The number of rotatable bonds is 5. The molecule has 2 aliphatic carbocycles. The Labute approximate surface area is 174 Å². The van der Waals surface area contributed by atoms with Crippen LogP contribution in [0.5, 0.6) is 5.75 Å². The summed E-state index contributed by atoms with van der Waals surface area (Å²) in [7, 11) is 1.74. The van der Waals surface area contributed by atoms with Crippen LogP contribution in [0.4, 0.5) is 0 Å². The second-order valence-electron chi connectivity index (χ2n) is 9.20. The van der Waals surface area contributed by atoms with E-state index < -0.39 is 0 Å². The third-order valence-electron chi connectivity index (χ3n) is 7.67. The van der Waals surface area contributed by atoms with E-state index in [-0.39, 0.29) is 5.78 Å². The van der Waals surface area contributed by atoms with E-state index in [4.69, 9.17) is 4.74 Å². The molecule has 0 radical (unpaired) electrons. The summed E-state index contributed by atoms with van der Waals surface area (Å²) in [5.41, 5.74) is 2.72. The van der Waals surface area contributed by atoms with Crippen molar-refractivity contribution in [3.05, 3.63) is 65.2 Å². The number of fused-ring (bicyclic) bond motifs is 2. The van der Waals surface area contributed by atoms with E-state index in [1.807, 2.05) is 42.5 Å². The van der Waals surface area contributed by atoms with Crippen LogP contribution in [0.1, 0.15) is 65.9 Å². The average Bonchev–Trinajstić information content (AvgIpc) is 3.43. The van der Waals surface area contributed by atoms with Gasteiger partial charge in [0.25, 0.3) is 0 Å². The molecule has 1 heterocycles. The van der Waals surface area contributed by atoms with E-state index in [0.717, 1.165) is 47.6 Å². The lowest BCUT2D eigenvalue weighted by Gasteiger charge is -2.40. The molecule has 3 aliphatic rings. The highest BCUT2D eigenvalue weighted by Gasteiger charge is 2.43. The third kappa shape index (κ3) is 3.61. The van der Waals surface area contributed by atoms with Gasteiger partial charge in [-0.15, -0.1) is 0 Å². The van der Waals surface area contributed by atoms with E-state index in [9.17, 15) is 4.79 Å². The standard InChI is InChI=1S/C26H31NO2/c1-29-25-10-9-22(26(28)20-5-3-2-4-6-20)17-23(25)19-11-13-27(14-12-19)24-16-18-7-8-21(24)15-18/h2-6,9-10,17-19,21,24H,7-8,11-16H2,1H3/t18-,21-,24-/m0/s1. The van der Waals surface area contributed by atoms with E-state index in [1.165, 1.54) is 44.3 Å². The molecule has 0 amide bonds. The highest BCUT2D eigenvalue weighted by atomic mass is 16.5. The van der Waals surface area contributed by atoms with Crippen molar-refractivity contribution >= 4 is 5.78 Å². The number of ketones is 1. The van der Waals surface area contributed by atoms with Crippen LogP contribution in [0.25, 0.3) is 0 Å². The van der Waals surface area contributed by atoms with Gasteiger partial charge in [-0.25, -0.2) is 0 Å². The molecule has 0 N–H and O–H groups in total. The SMILES string of the molecule is COc1ccc(C(=O)c2ccccc2)cc1C1CCN([C@H]2C[C@H]3CC[C@H]2C3)CC1. The normalized spacial score (nSPS) is 27.3. The summed E-state index contributed by atoms with van der Waals surface area (Å²) in [6, 6.07) is 16.4.